The number of aromatic carboxylic acids is 1. The van der Waals surface area contributed by atoms with Gasteiger partial charge in [0.1, 0.15) is 9.88 Å². The number of aryl methyl sites for hydroxylation is 1. The number of rotatable bonds is 4. The van der Waals surface area contributed by atoms with Crippen LogP contribution in [0.2, 0.25) is 0 Å². The van der Waals surface area contributed by atoms with Crippen LogP contribution in [-0.2, 0) is 5.54 Å². The molecule has 0 aliphatic heterocycles. The Labute approximate surface area is 124 Å². The number of carbonyl (C=O) groups excluding carboxylic acids is 1. The Kier molecular flexibility index (Phi) is 3.92. The molecule has 2 N–H and O–H groups in total. The average molecular weight is 310 g/mol. The predicted octanol–water partition coefficient (Wildman–Crippen LogP) is 2.88. The fourth-order valence-corrected chi connectivity index (χ4v) is 3.18. The van der Waals surface area contributed by atoms with Crippen molar-refractivity contribution in [2.45, 2.75) is 26.3 Å². The Bertz CT molecular complexity index is 658. The van der Waals surface area contributed by atoms with Crippen LogP contribution in [0.4, 0.5) is 0 Å². The van der Waals surface area contributed by atoms with Gasteiger partial charge in [-0.3, -0.25) is 4.79 Å². The van der Waals surface area contributed by atoms with Crippen LogP contribution in [0.25, 0.3) is 0 Å². The minimum Gasteiger partial charge on any atom is -0.477 e. The quantitative estimate of drug-likeness (QED) is 0.910. The molecule has 0 saturated heterocycles. The predicted molar refractivity (Wildman–Crippen MR) is 78.6 cm³/mol. The maximum atomic E-state index is 12.2. The van der Waals surface area contributed by atoms with Crippen molar-refractivity contribution in [3.8, 4) is 0 Å². The van der Waals surface area contributed by atoms with Crippen LogP contribution in [-0.4, -0.2) is 22.0 Å². The largest absolute Gasteiger partial charge is 0.477 e. The van der Waals surface area contributed by atoms with Crippen LogP contribution in [0.1, 0.15) is 43.1 Å². The Balaban J connectivity index is 2.15. The molecule has 106 valence electrons. The van der Waals surface area contributed by atoms with Gasteiger partial charge >= 0.3 is 5.97 Å². The van der Waals surface area contributed by atoms with Gasteiger partial charge in [-0.15, -0.1) is 22.7 Å². The first kappa shape index (κ1) is 14.7. The van der Waals surface area contributed by atoms with Gasteiger partial charge in [-0.2, -0.15) is 0 Å². The van der Waals surface area contributed by atoms with Crippen molar-refractivity contribution in [2.75, 3.05) is 0 Å². The number of amides is 1. The molecule has 0 unspecified atom stereocenters. The molecule has 1 amide bonds. The number of carboxylic acids is 1. The number of carbonyl (C=O) groups is 2. The summed E-state index contributed by atoms with van der Waals surface area (Å²) in [4.78, 5) is 28.9. The van der Waals surface area contributed by atoms with Crippen molar-refractivity contribution >= 4 is 34.6 Å². The average Bonchev–Trinajstić information content (AvgIpc) is 2.96. The zero-order valence-electron chi connectivity index (χ0n) is 11.3. The van der Waals surface area contributed by atoms with E-state index in [4.69, 9.17) is 5.11 Å². The molecule has 7 heteroatoms. The van der Waals surface area contributed by atoms with E-state index in [1.54, 1.807) is 6.20 Å². The lowest BCUT2D eigenvalue weighted by molar-refractivity contribution is 0.0702. The van der Waals surface area contributed by atoms with Gasteiger partial charge in [0.05, 0.1) is 10.4 Å². The summed E-state index contributed by atoms with van der Waals surface area (Å²) in [5.41, 5.74) is -0.594. The number of nitrogens with one attached hydrogen (secondary N) is 1. The van der Waals surface area contributed by atoms with Gasteiger partial charge in [-0.25, -0.2) is 9.78 Å². The standard InChI is InChI=1S/C13H14N2O3S2/c1-7-6-14-12(19-7)13(2,3)15-10(16)8-4-5-9(20-8)11(17)18/h4-6H,1-3H3,(H,15,16)(H,17,18). The van der Waals surface area contributed by atoms with Crippen LogP contribution in [0, 0.1) is 6.92 Å². The summed E-state index contributed by atoms with van der Waals surface area (Å²) in [6, 6.07) is 2.95. The summed E-state index contributed by atoms with van der Waals surface area (Å²) in [5, 5.41) is 12.6. The van der Waals surface area contributed by atoms with Crippen molar-refractivity contribution in [1.82, 2.24) is 10.3 Å². The second kappa shape index (κ2) is 5.34. The molecule has 0 radical (unpaired) electrons. The molecule has 0 atom stereocenters. The van der Waals surface area contributed by atoms with Crippen LogP contribution < -0.4 is 5.32 Å². The minimum absolute atomic E-state index is 0.151. The first-order valence-corrected chi connectivity index (χ1v) is 7.51. The molecule has 0 aliphatic carbocycles. The van der Waals surface area contributed by atoms with Crippen LogP contribution >= 0.6 is 22.7 Å². The van der Waals surface area contributed by atoms with E-state index in [0.717, 1.165) is 21.2 Å². The smallest absolute Gasteiger partial charge is 0.345 e. The third kappa shape index (κ3) is 3.05. The normalized spacial score (nSPS) is 11.3. The lowest BCUT2D eigenvalue weighted by atomic mass is 10.1. The van der Waals surface area contributed by atoms with Crippen LogP contribution in [0.5, 0.6) is 0 Å². The number of carboxylic acid groups (broad SMARTS) is 1. The Morgan fingerprint density at radius 3 is 2.40 bits per heavy atom. The molecule has 20 heavy (non-hydrogen) atoms. The second-order valence-electron chi connectivity index (χ2n) is 4.82. The van der Waals surface area contributed by atoms with Crippen molar-refractivity contribution in [1.29, 1.82) is 0 Å². The molecule has 0 spiro atoms. The van der Waals surface area contributed by atoms with Crippen molar-refractivity contribution in [3.05, 3.63) is 38.0 Å². The second-order valence-corrected chi connectivity index (χ2v) is 7.14. The SMILES string of the molecule is Cc1cnc(C(C)(C)NC(=O)c2ccc(C(=O)O)s2)s1. The highest BCUT2D eigenvalue weighted by atomic mass is 32.1. The highest BCUT2D eigenvalue weighted by Gasteiger charge is 2.27. The highest BCUT2D eigenvalue weighted by Crippen LogP contribution is 2.26. The lowest BCUT2D eigenvalue weighted by Gasteiger charge is -2.23. The maximum Gasteiger partial charge on any atom is 0.345 e. The fourth-order valence-electron chi connectivity index (χ4n) is 1.62. The molecule has 0 fully saturated rings. The highest BCUT2D eigenvalue weighted by molar-refractivity contribution is 7.15. The number of hydrogen-bond acceptors (Lipinski definition) is 5. The molecule has 0 aromatic carbocycles. The van der Waals surface area contributed by atoms with Gasteiger partial charge in [0.15, 0.2) is 0 Å². The van der Waals surface area contributed by atoms with Gasteiger partial charge in [0.2, 0.25) is 0 Å². The zero-order chi connectivity index (χ0) is 14.9. The summed E-state index contributed by atoms with van der Waals surface area (Å²) >= 11 is 2.49. The zero-order valence-corrected chi connectivity index (χ0v) is 12.9. The fraction of sp³-hybridized carbons (Fsp3) is 0.308. The van der Waals surface area contributed by atoms with Gasteiger partial charge in [-0.1, -0.05) is 0 Å². The maximum absolute atomic E-state index is 12.2. The monoisotopic (exact) mass is 310 g/mol. The van der Waals surface area contributed by atoms with E-state index in [-0.39, 0.29) is 10.8 Å². The number of hydrogen-bond donors (Lipinski definition) is 2. The van der Waals surface area contributed by atoms with E-state index < -0.39 is 11.5 Å². The summed E-state index contributed by atoms with van der Waals surface area (Å²) < 4.78 is 0. The molecule has 2 rings (SSSR count). The van der Waals surface area contributed by atoms with Crippen molar-refractivity contribution in [2.24, 2.45) is 0 Å². The number of nitrogens with zero attached hydrogens (tertiary/aromatic N) is 1. The number of thiophene rings is 1. The molecule has 0 saturated carbocycles. The molecular formula is C13H14N2O3S2. The van der Waals surface area contributed by atoms with Gasteiger partial charge < -0.3 is 10.4 Å². The molecule has 2 aromatic heterocycles. The third-order valence-electron chi connectivity index (χ3n) is 2.62. The van der Waals surface area contributed by atoms with Crippen molar-refractivity contribution < 1.29 is 14.7 Å². The van der Waals surface area contributed by atoms with Crippen LogP contribution in [0.3, 0.4) is 0 Å². The molecule has 0 bridgehead atoms. The van der Waals surface area contributed by atoms with Gasteiger partial charge in [-0.05, 0) is 32.9 Å². The molecule has 5 nitrogen and oxygen atoms in total. The Hall–Kier alpha value is -1.73. The van der Waals surface area contributed by atoms with Gasteiger partial charge in [0.25, 0.3) is 5.91 Å². The molecule has 0 aliphatic rings. The van der Waals surface area contributed by atoms with E-state index in [1.807, 2.05) is 20.8 Å². The molecule has 2 aromatic rings. The molecule has 2 heterocycles. The topological polar surface area (TPSA) is 79.3 Å². The van der Waals surface area contributed by atoms with E-state index >= 15 is 0 Å². The summed E-state index contributed by atoms with van der Waals surface area (Å²) in [6.07, 6.45) is 1.77. The van der Waals surface area contributed by atoms with E-state index in [2.05, 4.69) is 10.3 Å². The van der Waals surface area contributed by atoms with Gasteiger partial charge in [0, 0.05) is 11.1 Å². The Morgan fingerprint density at radius 2 is 1.90 bits per heavy atom. The number of thiazole rings is 1. The summed E-state index contributed by atoms with van der Waals surface area (Å²) in [7, 11) is 0. The van der Waals surface area contributed by atoms with E-state index in [1.165, 1.54) is 23.5 Å². The Morgan fingerprint density at radius 1 is 1.25 bits per heavy atom. The van der Waals surface area contributed by atoms with Crippen LogP contribution in [0.15, 0.2) is 18.3 Å². The lowest BCUT2D eigenvalue weighted by Crippen LogP contribution is -2.40. The van der Waals surface area contributed by atoms with Crippen molar-refractivity contribution in [3.63, 3.8) is 0 Å². The molecular weight excluding hydrogens is 296 g/mol. The van der Waals surface area contributed by atoms with E-state index in [9.17, 15) is 9.59 Å². The third-order valence-corrected chi connectivity index (χ3v) is 4.93. The minimum atomic E-state index is -1.02. The summed E-state index contributed by atoms with van der Waals surface area (Å²) in [6.45, 7) is 5.70. The first-order chi connectivity index (χ1) is 9.29. The first-order valence-electron chi connectivity index (χ1n) is 5.88. The number of aromatic nitrogens is 1. The van der Waals surface area contributed by atoms with E-state index in [0.29, 0.717) is 4.88 Å². The summed E-state index contributed by atoms with van der Waals surface area (Å²) in [5.74, 6) is -1.32.